The molecule has 1 aliphatic rings. The second kappa shape index (κ2) is 7.23. The predicted octanol–water partition coefficient (Wildman–Crippen LogP) is 1.45. The fourth-order valence-corrected chi connectivity index (χ4v) is 2.82. The van der Waals surface area contributed by atoms with E-state index >= 15 is 0 Å². The van der Waals surface area contributed by atoms with Crippen molar-refractivity contribution in [2.24, 2.45) is 0 Å². The van der Waals surface area contributed by atoms with Gasteiger partial charge in [-0.25, -0.2) is 13.8 Å². The molecule has 24 heavy (non-hydrogen) atoms. The van der Waals surface area contributed by atoms with E-state index in [0.717, 1.165) is 16.6 Å². The molecular formula is C16H20F2N4O2. The number of morpholine rings is 1. The van der Waals surface area contributed by atoms with Gasteiger partial charge in [0, 0.05) is 6.54 Å². The number of carbonyl (C=O) groups is 1. The van der Waals surface area contributed by atoms with Crippen LogP contribution in [0, 0.1) is 6.92 Å². The van der Waals surface area contributed by atoms with Gasteiger partial charge in [-0.15, -0.1) is 0 Å². The van der Waals surface area contributed by atoms with E-state index in [2.05, 4.69) is 15.3 Å². The lowest BCUT2D eigenvalue weighted by molar-refractivity contribution is -0.134. The van der Waals surface area contributed by atoms with Gasteiger partial charge in [-0.2, -0.15) is 0 Å². The van der Waals surface area contributed by atoms with Crippen molar-refractivity contribution in [3.05, 3.63) is 29.6 Å². The summed E-state index contributed by atoms with van der Waals surface area (Å²) >= 11 is 0. The number of rotatable bonds is 5. The van der Waals surface area contributed by atoms with Crippen molar-refractivity contribution in [3.8, 4) is 0 Å². The van der Waals surface area contributed by atoms with Gasteiger partial charge in [0.2, 0.25) is 5.91 Å². The summed E-state index contributed by atoms with van der Waals surface area (Å²) < 4.78 is 30.5. The van der Waals surface area contributed by atoms with Crippen LogP contribution >= 0.6 is 0 Å². The fourth-order valence-electron chi connectivity index (χ4n) is 2.82. The lowest BCUT2D eigenvalue weighted by Crippen LogP contribution is -2.54. The number of aromatic amines is 1. The maximum Gasteiger partial charge on any atom is 0.251 e. The fraction of sp³-hybridized carbons (Fsp3) is 0.500. The molecule has 1 saturated heterocycles. The summed E-state index contributed by atoms with van der Waals surface area (Å²) in [5.41, 5.74) is 2.84. The zero-order valence-corrected chi connectivity index (χ0v) is 13.4. The van der Waals surface area contributed by atoms with Crippen LogP contribution in [0.3, 0.4) is 0 Å². The Labute approximate surface area is 138 Å². The summed E-state index contributed by atoms with van der Waals surface area (Å²) in [5, 5.41) is 2.75. The molecule has 2 N–H and O–H groups in total. The second-order valence-electron chi connectivity index (χ2n) is 5.90. The number of alkyl halides is 2. The molecule has 2 aromatic rings. The molecular weight excluding hydrogens is 318 g/mol. The van der Waals surface area contributed by atoms with E-state index in [1.807, 2.05) is 25.1 Å². The van der Waals surface area contributed by atoms with Gasteiger partial charge in [-0.3, -0.25) is 9.69 Å². The molecule has 0 bridgehead atoms. The molecule has 6 nitrogen and oxygen atoms in total. The first-order valence-corrected chi connectivity index (χ1v) is 7.86. The highest BCUT2D eigenvalue weighted by molar-refractivity contribution is 5.82. The van der Waals surface area contributed by atoms with Gasteiger partial charge in [0.25, 0.3) is 6.43 Å². The van der Waals surface area contributed by atoms with Crippen molar-refractivity contribution in [1.82, 2.24) is 20.2 Å². The monoisotopic (exact) mass is 338 g/mol. The Balaban J connectivity index is 1.62. The smallest absolute Gasteiger partial charge is 0.251 e. The number of benzene rings is 1. The molecule has 1 amide bonds. The number of nitrogens with one attached hydrogen (secondary N) is 2. The number of carbonyl (C=O) groups excluding carboxylic acids is 1. The van der Waals surface area contributed by atoms with Crippen LogP contribution < -0.4 is 5.32 Å². The number of aromatic nitrogens is 2. The molecule has 8 heteroatoms. The standard InChI is InChI=1S/C16H20F2N4O2/c1-10-2-3-11-12(6-10)21-15(20-11)7-19-16(23)13-9-24-5-4-22(13)8-14(17)18/h2-3,6,13-14H,4-5,7-9H2,1H3,(H,19,23)(H,20,21)/t13-/m1/s1. The highest BCUT2D eigenvalue weighted by atomic mass is 19.3. The van der Waals surface area contributed by atoms with Gasteiger partial charge in [0.05, 0.1) is 37.3 Å². The Bertz CT molecular complexity index is 719. The lowest BCUT2D eigenvalue weighted by atomic mass is 10.2. The van der Waals surface area contributed by atoms with Crippen molar-refractivity contribution in [1.29, 1.82) is 0 Å². The third-order valence-electron chi connectivity index (χ3n) is 4.03. The topological polar surface area (TPSA) is 70.2 Å². The molecule has 1 aliphatic heterocycles. The molecule has 1 atom stereocenters. The Morgan fingerprint density at radius 1 is 1.54 bits per heavy atom. The molecule has 130 valence electrons. The highest BCUT2D eigenvalue weighted by Gasteiger charge is 2.31. The molecule has 0 saturated carbocycles. The maximum atomic E-state index is 12.6. The zero-order valence-electron chi connectivity index (χ0n) is 13.4. The first-order chi connectivity index (χ1) is 11.5. The van der Waals surface area contributed by atoms with E-state index in [0.29, 0.717) is 19.0 Å². The number of ether oxygens (including phenoxy) is 1. The third-order valence-corrected chi connectivity index (χ3v) is 4.03. The molecule has 1 fully saturated rings. The van der Waals surface area contributed by atoms with Gasteiger partial charge in [0.15, 0.2) is 0 Å². The van der Waals surface area contributed by atoms with E-state index in [9.17, 15) is 13.6 Å². The summed E-state index contributed by atoms with van der Waals surface area (Å²) in [7, 11) is 0. The molecule has 0 unspecified atom stereocenters. The predicted molar refractivity (Wildman–Crippen MR) is 84.9 cm³/mol. The molecule has 3 rings (SSSR count). The van der Waals surface area contributed by atoms with Crippen molar-refractivity contribution >= 4 is 16.9 Å². The Morgan fingerprint density at radius 2 is 2.38 bits per heavy atom. The summed E-state index contributed by atoms with van der Waals surface area (Å²) in [6.07, 6.45) is -2.47. The van der Waals surface area contributed by atoms with Crippen LogP contribution in [0.15, 0.2) is 18.2 Å². The van der Waals surface area contributed by atoms with Crippen molar-refractivity contribution < 1.29 is 18.3 Å². The van der Waals surface area contributed by atoms with E-state index in [4.69, 9.17) is 4.74 Å². The Kier molecular flexibility index (Phi) is 5.06. The average molecular weight is 338 g/mol. The van der Waals surface area contributed by atoms with Crippen LogP contribution in [0.25, 0.3) is 11.0 Å². The minimum atomic E-state index is -2.47. The van der Waals surface area contributed by atoms with Crippen molar-refractivity contribution in [2.75, 3.05) is 26.3 Å². The van der Waals surface area contributed by atoms with Gasteiger partial charge < -0.3 is 15.0 Å². The quantitative estimate of drug-likeness (QED) is 0.866. The van der Waals surface area contributed by atoms with E-state index in [1.165, 1.54) is 4.90 Å². The SMILES string of the molecule is Cc1ccc2nc(CNC(=O)[C@H]3COCCN3CC(F)F)[nH]c2c1. The average Bonchev–Trinajstić information content (AvgIpc) is 2.94. The Morgan fingerprint density at radius 3 is 3.17 bits per heavy atom. The van der Waals surface area contributed by atoms with E-state index in [-0.39, 0.29) is 19.1 Å². The number of imidazole rings is 1. The number of H-pyrrole nitrogens is 1. The molecule has 1 aromatic heterocycles. The minimum Gasteiger partial charge on any atom is -0.378 e. The van der Waals surface area contributed by atoms with Gasteiger partial charge >= 0.3 is 0 Å². The van der Waals surface area contributed by atoms with E-state index < -0.39 is 19.0 Å². The summed E-state index contributed by atoms with van der Waals surface area (Å²) in [5.74, 6) is 0.299. The van der Waals surface area contributed by atoms with E-state index in [1.54, 1.807) is 0 Å². The Hall–Kier alpha value is -2.06. The highest BCUT2D eigenvalue weighted by Crippen LogP contribution is 2.14. The number of hydrogen-bond acceptors (Lipinski definition) is 4. The number of aryl methyl sites for hydroxylation is 1. The lowest BCUT2D eigenvalue weighted by Gasteiger charge is -2.34. The van der Waals surface area contributed by atoms with Crippen LogP contribution in [0.2, 0.25) is 0 Å². The van der Waals surface area contributed by atoms with Crippen molar-refractivity contribution in [3.63, 3.8) is 0 Å². The van der Waals surface area contributed by atoms with Crippen LogP contribution in [0.4, 0.5) is 8.78 Å². The molecule has 0 spiro atoms. The number of hydrogen-bond donors (Lipinski definition) is 2. The molecule has 0 aliphatic carbocycles. The summed E-state index contributed by atoms with van der Waals surface area (Å²) in [4.78, 5) is 21.3. The van der Waals surface area contributed by atoms with Gasteiger partial charge in [0.1, 0.15) is 11.9 Å². The number of nitrogens with zero attached hydrogens (tertiary/aromatic N) is 2. The molecule has 2 heterocycles. The molecule has 0 radical (unpaired) electrons. The van der Waals surface area contributed by atoms with Gasteiger partial charge in [-0.05, 0) is 24.6 Å². The normalized spacial score (nSPS) is 19.1. The summed E-state index contributed by atoms with van der Waals surface area (Å²) in [6.45, 7) is 2.59. The number of halogens is 2. The minimum absolute atomic E-state index is 0.123. The molecule has 1 aromatic carbocycles. The number of amides is 1. The maximum absolute atomic E-state index is 12.6. The summed E-state index contributed by atoms with van der Waals surface area (Å²) in [6, 6.07) is 5.16. The first-order valence-electron chi connectivity index (χ1n) is 7.86. The zero-order chi connectivity index (χ0) is 17.1. The third kappa shape index (κ3) is 3.88. The number of fused-ring (bicyclic) bond motifs is 1. The van der Waals surface area contributed by atoms with Gasteiger partial charge in [-0.1, -0.05) is 6.07 Å². The van der Waals surface area contributed by atoms with Crippen LogP contribution in [-0.2, 0) is 16.1 Å². The van der Waals surface area contributed by atoms with Crippen LogP contribution in [0.1, 0.15) is 11.4 Å². The van der Waals surface area contributed by atoms with Crippen LogP contribution in [0.5, 0.6) is 0 Å². The second-order valence-corrected chi connectivity index (χ2v) is 5.90. The first kappa shape index (κ1) is 16.8. The van der Waals surface area contributed by atoms with Crippen LogP contribution in [-0.4, -0.2) is 59.5 Å². The largest absolute Gasteiger partial charge is 0.378 e. The van der Waals surface area contributed by atoms with Crippen molar-refractivity contribution in [2.45, 2.75) is 25.9 Å².